The fourth-order valence-corrected chi connectivity index (χ4v) is 11.3. The average Bonchev–Trinajstić information content (AvgIpc) is 0.851. The van der Waals surface area contributed by atoms with Crippen LogP contribution in [0.2, 0.25) is 35.2 Å². The third-order valence-electron chi connectivity index (χ3n) is 15.6. The monoisotopic (exact) mass is 2000 g/mol. The molecule has 9 rings (SSSR count). The predicted octanol–water partition coefficient (Wildman–Crippen LogP) is 13.4. The summed E-state index contributed by atoms with van der Waals surface area (Å²) in [5.74, 6) is -8.20. The van der Waals surface area contributed by atoms with Crippen molar-refractivity contribution in [3.05, 3.63) is 203 Å². The van der Waals surface area contributed by atoms with Crippen molar-refractivity contribution in [3.8, 4) is 40.2 Å². The Morgan fingerprint density at radius 1 is 0.375 bits per heavy atom. The number of nitrogens with two attached hydrogens (primary N) is 6. The van der Waals surface area contributed by atoms with Crippen LogP contribution in [0.15, 0.2) is 140 Å². The summed E-state index contributed by atoms with van der Waals surface area (Å²) in [5, 5.41) is 45.1. The number of carbonyl (C=O) groups is 13. The fraction of sp³-hybridized carbons (Fsp3) is 0.337. The summed E-state index contributed by atoms with van der Waals surface area (Å²) in [6.45, 7) is 9.10. The van der Waals surface area contributed by atoms with Crippen LogP contribution in [0.3, 0.4) is 0 Å². The van der Waals surface area contributed by atoms with E-state index in [1.165, 1.54) is 78.9 Å². The van der Waals surface area contributed by atoms with Gasteiger partial charge in [-0.15, -0.1) is 0 Å². The van der Waals surface area contributed by atoms with E-state index in [1.54, 1.807) is 81.4 Å². The topological polar surface area (TPSA) is 569 Å². The Balaban J connectivity index is 0. The number of nitrogens with one attached hydrogen (secondary N) is 3. The maximum Gasteiger partial charge on any atom is 0.490 e. The van der Waals surface area contributed by atoms with Crippen LogP contribution in [0.25, 0.3) is 0 Å². The molecule has 45 heteroatoms. The van der Waals surface area contributed by atoms with E-state index in [0.29, 0.717) is 52.7 Å². The number of hydrogen-bond donors (Lipinski definition) is 13. The molecule has 0 saturated heterocycles. The molecular weight excluding hydrogens is 1910 g/mol. The zero-order valence-electron chi connectivity index (χ0n) is 69.2. The summed E-state index contributed by atoms with van der Waals surface area (Å²) in [5.41, 5.74) is 30.8. The molecule has 19 N–H and O–H groups in total. The molecule has 34 nitrogen and oxygen atoms in total. The number of amides is 8. The van der Waals surface area contributed by atoms with Crippen LogP contribution in [-0.2, 0) is 47.8 Å². The van der Waals surface area contributed by atoms with Crippen LogP contribution in [0.4, 0.5) is 13.2 Å². The minimum atomic E-state index is -5.08. The molecular formula is C83H100BrCl7F3N9O25. The van der Waals surface area contributed by atoms with Crippen LogP contribution in [0.5, 0.6) is 40.2 Å². The van der Waals surface area contributed by atoms with E-state index in [1.807, 2.05) is 20.8 Å². The first-order valence-corrected chi connectivity index (χ1v) is 41.2. The van der Waals surface area contributed by atoms with Crippen molar-refractivity contribution in [1.29, 1.82) is 0 Å². The minimum Gasteiger partial charge on any atom is -0.507 e. The van der Waals surface area contributed by atoms with E-state index in [-0.39, 0.29) is 140 Å². The molecule has 7 aromatic rings. The first-order chi connectivity index (χ1) is 59.6. The fourth-order valence-electron chi connectivity index (χ4n) is 10.1. The molecule has 128 heavy (non-hydrogen) atoms. The first-order valence-electron chi connectivity index (χ1n) is 37.4. The number of phenols is 1. The normalized spacial score (nSPS) is 14.0. The van der Waals surface area contributed by atoms with E-state index in [2.05, 4.69) is 31.9 Å². The molecule has 2 saturated carbocycles. The molecule has 704 valence electrons. The summed E-state index contributed by atoms with van der Waals surface area (Å²) < 4.78 is 72.9. The van der Waals surface area contributed by atoms with Crippen molar-refractivity contribution in [2.24, 2.45) is 34.4 Å². The number of primary amides is 5. The van der Waals surface area contributed by atoms with E-state index >= 15 is 0 Å². The maximum absolute atomic E-state index is 12.3. The third kappa shape index (κ3) is 49.0. The van der Waals surface area contributed by atoms with Crippen LogP contribution in [-0.4, -0.2) is 184 Å². The summed E-state index contributed by atoms with van der Waals surface area (Å²) >= 11 is 43.0. The number of carboxylic acids is 3. The van der Waals surface area contributed by atoms with Gasteiger partial charge in [-0.2, -0.15) is 13.2 Å². The molecule has 0 atom stereocenters. The van der Waals surface area contributed by atoms with Gasteiger partial charge in [-0.25, -0.2) is 19.2 Å². The number of esters is 2. The average molecular weight is 2010 g/mol. The lowest BCUT2D eigenvalue weighted by Crippen LogP contribution is -2.45. The van der Waals surface area contributed by atoms with Gasteiger partial charge in [-0.1, -0.05) is 97.1 Å². The molecule has 2 fully saturated rings. The first kappa shape index (κ1) is 113. The summed E-state index contributed by atoms with van der Waals surface area (Å²) in [6, 6.07) is 35.7. The van der Waals surface area contributed by atoms with Crippen LogP contribution in [0, 0.1) is 0 Å². The van der Waals surface area contributed by atoms with Gasteiger partial charge < -0.3 is 109 Å². The van der Waals surface area contributed by atoms with Crippen LogP contribution in [0.1, 0.15) is 149 Å². The van der Waals surface area contributed by atoms with E-state index < -0.39 is 78.4 Å². The van der Waals surface area contributed by atoms with Crippen molar-refractivity contribution >= 4 is 174 Å². The Morgan fingerprint density at radius 2 is 0.617 bits per heavy atom. The van der Waals surface area contributed by atoms with E-state index in [9.17, 15) is 70.7 Å². The molecule has 0 aromatic heterocycles. The Morgan fingerprint density at radius 3 is 0.867 bits per heavy atom. The molecule has 7 aromatic carbocycles. The summed E-state index contributed by atoms with van der Waals surface area (Å²) in [4.78, 5) is 143. The van der Waals surface area contributed by atoms with Crippen molar-refractivity contribution in [3.63, 3.8) is 0 Å². The van der Waals surface area contributed by atoms with Gasteiger partial charge in [0, 0.05) is 63.6 Å². The van der Waals surface area contributed by atoms with Crippen molar-refractivity contribution < 1.29 is 138 Å². The highest BCUT2D eigenvalue weighted by Crippen LogP contribution is 2.29. The number of ether oxygens (including phenoxy) is 8. The standard InChI is InChI=1S/C23H25Cl2N3O5.C14H19ClN2O2.C13H16ClNO4.2C9H8ClNO4.C7H6ClNO2.C6H11BrO2.C2HF3O2.3H2/c24-14-1-8-18(9-2-14)32-12-21(29)27-16-4-6-17(7-5-16)28-22(30)13-33-20-10-3-15(25)11-19(20)23(26)31;15-10-1-7-13(8-2-10)19-9-14(18)17-12-5-3-11(16)4-6-12;1-13(2,3)19-11(16)7-18-10-5-4-8(14)6-9(10)12(15)17;2*10-5-1-2-7(15-4-8(12)13)6(3-5)9(11)14;8-4-1-2-6(10)5(3-4)7(9)11;1-6(2,3)9-5(8)4-7;3-2(4,5)1(6)7;;;/h1-3,8-11,16-17H,4-7,12-13H2,(H2,26,31)(H,27,29)(H,28,30);1-2,7-8,11-12H,3-6,9,16H2,(H,17,18);4-6H,7H2,1-3H3,(H2,15,17);2*1-3H,4H2,(H2,11,14)(H,12,13);1-3,10H,(H2,9,11);4H2,1-3H3;(H,6,7);3*1H. The summed E-state index contributed by atoms with van der Waals surface area (Å²) in [7, 11) is 0. The lowest BCUT2D eigenvalue weighted by molar-refractivity contribution is -0.192. The molecule has 2 aliphatic carbocycles. The second-order valence-corrected chi connectivity index (χ2v) is 32.1. The number of hydrogen-bond acceptors (Lipinski definition) is 23. The molecule has 0 aliphatic heterocycles. The van der Waals surface area contributed by atoms with Gasteiger partial charge in [-0.05, 0) is 232 Å². The lowest BCUT2D eigenvalue weighted by Gasteiger charge is -2.29. The lowest BCUT2D eigenvalue weighted by atomic mass is 9.91. The smallest absolute Gasteiger partial charge is 0.490 e. The van der Waals surface area contributed by atoms with Gasteiger partial charge in [0.15, 0.2) is 39.6 Å². The SMILES string of the molecule is CC(C)(C)OC(=O)CBr.CC(C)(C)OC(=O)COc1ccc(Cl)cc1C(N)=O.NC(=O)c1cc(Cl)ccc1O.NC(=O)c1cc(Cl)ccc1OCC(=O)NC1CCC(NC(=O)COc2ccc(Cl)cc2)CC1.NC(=O)c1cc(Cl)ccc1OCC(=O)O.NC(=O)c1cc(Cl)ccc1OCC(=O)O.NC1CCC(NC(=O)COc2ccc(Cl)cc2)CC1.O=C(O)C(F)(F)F.[HH].[HH].[HH]. The molecule has 0 radical (unpaired) electrons. The van der Waals surface area contributed by atoms with Crippen molar-refractivity contribution in [2.45, 2.75) is 134 Å². The number of halogens is 11. The Bertz CT molecular complexity index is 4850. The van der Waals surface area contributed by atoms with Gasteiger partial charge in [0.2, 0.25) is 0 Å². The van der Waals surface area contributed by atoms with Gasteiger partial charge in [-0.3, -0.25) is 43.2 Å². The van der Waals surface area contributed by atoms with Crippen molar-refractivity contribution in [1.82, 2.24) is 16.0 Å². The number of aromatic hydroxyl groups is 1. The van der Waals surface area contributed by atoms with Crippen molar-refractivity contribution in [2.75, 3.05) is 45.0 Å². The Kier molecular flexibility index (Phi) is 49.8. The zero-order chi connectivity index (χ0) is 96.9. The van der Waals surface area contributed by atoms with Gasteiger partial charge in [0.1, 0.15) is 56.8 Å². The van der Waals surface area contributed by atoms with E-state index in [4.69, 9.17) is 179 Å². The minimum absolute atomic E-state index is 0. The molecule has 0 spiro atoms. The molecule has 0 heterocycles. The van der Waals surface area contributed by atoms with Gasteiger partial charge >= 0.3 is 36.0 Å². The molecule has 0 bridgehead atoms. The largest absolute Gasteiger partial charge is 0.507 e. The number of carboxylic acid groups (broad SMARTS) is 3. The molecule has 8 amide bonds. The second-order valence-electron chi connectivity index (χ2n) is 28.4. The number of rotatable bonds is 27. The highest BCUT2D eigenvalue weighted by molar-refractivity contribution is 9.09. The summed E-state index contributed by atoms with van der Waals surface area (Å²) in [6.07, 6.45) is 1.70. The Hall–Kier alpha value is -11.5. The number of benzene rings is 7. The van der Waals surface area contributed by atoms with Crippen LogP contribution < -0.4 is 78.8 Å². The number of carbonyl (C=O) groups excluding carboxylic acids is 10. The van der Waals surface area contributed by atoms with Crippen LogP contribution >= 0.6 is 97.1 Å². The van der Waals surface area contributed by atoms with Gasteiger partial charge in [0.05, 0.1) is 27.8 Å². The highest BCUT2D eigenvalue weighted by atomic mass is 79.9. The third-order valence-corrected chi connectivity index (χ3v) is 17.7. The van der Waals surface area contributed by atoms with Gasteiger partial charge in [0.25, 0.3) is 47.3 Å². The Labute approximate surface area is 780 Å². The molecule has 2 aliphatic rings. The van der Waals surface area contributed by atoms with E-state index in [0.717, 1.165) is 51.4 Å². The highest BCUT2D eigenvalue weighted by Gasteiger charge is 2.38. The number of aliphatic carboxylic acids is 3. The maximum atomic E-state index is 12.3. The quantitative estimate of drug-likeness (QED) is 0.0168. The molecule has 0 unspecified atom stereocenters. The zero-order valence-corrected chi connectivity index (χ0v) is 76.1. The second kappa shape index (κ2) is 56.7. The number of alkyl halides is 4. The predicted molar refractivity (Wildman–Crippen MR) is 479 cm³/mol.